The minimum absolute atomic E-state index is 0.518. The van der Waals surface area contributed by atoms with E-state index in [0.29, 0.717) is 17.4 Å². The van der Waals surface area contributed by atoms with Crippen LogP contribution in [-0.2, 0) is 6.42 Å². The van der Waals surface area contributed by atoms with Crippen LogP contribution in [0.25, 0.3) is 0 Å². The van der Waals surface area contributed by atoms with E-state index in [0.717, 1.165) is 12.0 Å². The van der Waals surface area contributed by atoms with Crippen LogP contribution in [-0.4, -0.2) is 11.7 Å². The lowest BCUT2D eigenvalue weighted by molar-refractivity contribution is 0.199. The molecule has 0 aliphatic heterocycles. The summed E-state index contributed by atoms with van der Waals surface area (Å²) in [6, 6.07) is 15.5. The summed E-state index contributed by atoms with van der Waals surface area (Å²) in [6.07, 6.45) is 0.325. The Morgan fingerprint density at radius 3 is 2.53 bits per heavy atom. The SMILES string of the molecule is CC(O)c1ccc(OCCc2ccccc2)c(Cl)c1. The van der Waals surface area contributed by atoms with Gasteiger partial charge in [-0.1, -0.05) is 48.0 Å². The molecule has 19 heavy (non-hydrogen) atoms. The van der Waals surface area contributed by atoms with E-state index in [1.807, 2.05) is 24.3 Å². The van der Waals surface area contributed by atoms with Crippen molar-refractivity contribution in [3.8, 4) is 5.75 Å². The molecule has 0 saturated heterocycles. The van der Waals surface area contributed by atoms with Gasteiger partial charge in [0.25, 0.3) is 0 Å². The van der Waals surface area contributed by atoms with E-state index in [2.05, 4.69) is 12.1 Å². The van der Waals surface area contributed by atoms with E-state index in [4.69, 9.17) is 16.3 Å². The Hall–Kier alpha value is -1.51. The van der Waals surface area contributed by atoms with Gasteiger partial charge in [-0.3, -0.25) is 0 Å². The Labute approximate surface area is 118 Å². The molecule has 0 fully saturated rings. The lowest BCUT2D eigenvalue weighted by Gasteiger charge is -2.11. The van der Waals surface area contributed by atoms with Gasteiger partial charge in [-0.05, 0) is 30.2 Å². The molecule has 0 saturated carbocycles. The zero-order valence-electron chi connectivity index (χ0n) is 10.8. The van der Waals surface area contributed by atoms with Gasteiger partial charge >= 0.3 is 0 Å². The molecule has 0 heterocycles. The molecule has 1 N–H and O–H groups in total. The van der Waals surface area contributed by atoms with Crippen LogP contribution in [0.15, 0.2) is 48.5 Å². The normalized spacial score (nSPS) is 12.2. The molecule has 0 radical (unpaired) electrons. The summed E-state index contributed by atoms with van der Waals surface area (Å²) < 4.78 is 5.66. The summed E-state index contributed by atoms with van der Waals surface area (Å²) in [6.45, 7) is 2.29. The molecular formula is C16H17ClO2. The van der Waals surface area contributed by atoms with Crippen LogP contribution in [0.4, 0.5) is 0 Å². The van der Waals surface area contributed by atoms with Crippen molar-refractivity contribution in [2.75, 3.05) is 6.61 Å². The van der Waals surface area contributed by atoms with E-state index < -0.39 is 6.10 Å². The zero-order valence-corrected chi connectivity index (χ0v) is 11.6. The highest BCUT2D eigenvalue weighted by Crippen LogP contribution is 2.27. The second-order valence-electron chi connectivity index (χ2n) is 4.45. The monoisotopic (exact) mass is 276 g/mol. The van der Waals surface area contributed by atoms with Crippen LogP contribution in [0.5, 0.6) is 5.75 Å². The number of hydrogen-bond acceptors (Lipinski definition) is 2. The second kappa shape index (κ2) is 6.60. The second-order valence-corrected chi connectivity index (χ2v) is 4.86. The maximum Gasteiger partial charge on any atom is 0.137 e. The van der Waals surface area contributed by atoms with Crippen LogP contribution >= 0.6 is 11.6 Å². The van der Waals surface area contributed by atoms with Gasteiger partial charge in [0.15, 0.2) is 0 Å². The largest absolute Gasteiger partial charge is 0.492 e. The number of hydrogen-bond donors (Lipinski definition) is 1. The molecule has 0 bridgehead atoms. The van der Waals surface area contributed by atoms with E-state index in [1.54, 1.807) is 19.1 Å². The summed E-state index contributed by atoms with van der Waals surface area (Å²) in [5, 5.41) is 10.00. The summed E-state index contributed by atoms with van der Waals surface area (Å²) in [4.78, 5) is 0. The van der Waals surface area contributed by atoms with Crippen molar-refractivity contribution in [2.45, 2.75) is 19.4 Å². The number of halogens is 1. The number of benzene rings is 2. The van der Waals surface area contributed by atoms with Gasteiger partial charge < -0.3 is 9.84 Å². The van der Waals surface area contributed by atoms with Gasteiger partial charge in [-0.25, -0.2) is 0 Å². The van der Waals surface area contributed by atoms with Crippen molar-refractivity contribution < 1.29 is 9.84 Å². The molecule has 0 aromatic heterocycles. The molecule has 2 rings (SSSR count). The Bertz CT molecular complexity index is 524. The molecule has 100 valence electrons. The summed E-state index contributed by atoms with van der Waals surface area (Å²) in [5.74, 6) is 0.655. The summed E-state index contributed by atoms with van der Waals surface area (Å²) in [7, 11) is 0. The zero-order chi connectivity index (χ0) is 13.7. The van der Waals surface area contributed by atoms with Gasteiger partial charge in [-0.2, -0.15) is 0 Å². The first-order valence-corrected chi connectivity index (χ1v) is 6.69. The fourth-order valence-corrected chi connectivity index (χ4v) is 2.06. The van der Waals surface area contributed by atoms with Gasteiger partial charge in [0.1, 0.15) is 5.75 Å². The highest BCUT2D eigenvalue weighted by molar-refractivity contribution is 6.32. The molecule has 1 atom stereocenters. The first kappa shape index (κ1) is 13.9. The van der Waals surface area contributed by atoms with Gasteiger partial charge in [0.05, 0.1) is 17.7 Å². The Kier molecular flexibility index (Phi) is 4.83. The molecule has 2 aromatic carbocycles. The minimum atomic E-state index is -0.518. The fraction of sp³-hybridized carbons (Fsp3) is 0.250. The van der Waals surface area contributed by atoms with E-state index in [1.165, 1.54) is 5.56 Å². The summed E-state index contributed by atoms with van der Waals surface area (Å²) >= 11 is 6.12. The number of aliphatic hydroxyl groups is 1. The summed E-state index contributed by atoms with van der Waals surface area (Å²) in [5.41, 5.74) is 2.03. The standard InChI is InChI=1S/C16H17ClO2/c1-12(18)14-7-8-16(15(17)11-14)19-10-9-13-5-3-2-4-6-13/h2-8,11-12,18H,9-10H2,1H3. The molecule has 0 amide bonds. The molecule has 0 aliphatic carbocycles. The quantitative estimate of drug-likeness (QED) is 0.894. The lowest BCUT2D eigenvalue weighted by Crippen LogP contribution is -2.02. The van der Waals surface area contributed by atoms with Crippen molar-refractivity contribution in [2.24, 2.45) is 0 Å². The van der Waals surface area contributed by atoms with Crippen molar-refractivity contribution in [1.29, 1.82) is 0 Å². The third kappa shape index (κ3) is 3.98. The molecule has 1 unspecified atom stereocenters. The van der Waals surface area contributed by atoms with Crippen molar-refractivity contribution in [3.05, 3.63) is 64.7 Å². The molecule has 0 spiro atoms. The predicted octanol–water partition coefficient (Wildman–Crippen LogP) is 4.01. The average Bonchev–Trinajstić information content (AvgIpc) is 2.41. The van der Waals surface area contributed by atoms with Crippen molar-refractivity contribution in [3.63, 3.8) is 0 Å². The highest BCUT2D eigenvalue weighted by atomic mass is 35.5. The minimum Gasteiger partial charge on any atom is -0.492 e. The topological polar surface area (TPSA) is 29.5 Å². The Morgan fingerprint density at radius 1 is 1.16 bits per heavy atom. The Balaban J connectivity index is 1.93. The lowest BCUT2D eigenvalue weighted by atomic mass is 10.1. The smallest absolute Gasteiger partial charge is 0.137 e. The molecule has 2 aromatic rings. The predicted molar refractivity (Wildman–Crippen MR) is 77.7 cm³/mol. The molecule has 2 nitrogen and oxygen atoms in total. The van der Waals surface area contributed by atoms with Crippen LogP contribution in [0.2, 0.25) is 5.02 Å². The van der Waals surface area contributed by atoms with E-state index in [9.17, 15) is 5.11 Å². The first-order valence-electron chi connectivity index (χ1n) is 6.31. The fourth-order valence-electron chi connectivity index (χ4n) is 1.82. The van der Waals surface area contributed by atoms with Crippen LogP contribution in [0, 0.1) is 0 Å². The Morgan fingerprint density at radius 2 is 1.89 bits per heavy atom. The van der Waals surface area contributed by atoms with Crippen molar-refractivity contribution in [1.82, 2.24) is 0 Å². The van der Waals surface area contributed by atoms with Crippen LogP contribution in [0.3, 0.4) is 0 Å². The van der Waals surface area contributed by atoms with E-state index in [-0.39, 0.29) is 0 Å². The third-order valence-electron chi connectivity index (χ3n) is 2.93. The third-order valence-corrected chi connectivity index (χ3v) is 3.22. The van der Waals surface area contributed by atoms with Crippen LogP contribution in [0.1, 0.15) is 24.2 Å². The van der Waals surface area contributed by atoms with Gasteiger partial charge in [-0.15, -0.1) is 0 Å². The number of ether oxygens (including phenoxy) is 1. The maximum absolute atomic E-state index is 9.46. The maximum atomic E-state index is 9.46. The average molecular weight is 277 g/mol. The molecule has 3 heteroatoms. The number of aliphatic hydroxyl groups excluding tert-OH is 1. The van der Waals surface area contributed by atoms with Gasteiger partial charge in [0, 0.05) is 6.42 Å². The van der Waals surface area contributed by atoms with E-state index >= 15 is 0 Å². The molecular weight excluding hydrogens is 260 g/mol. The molecule has 0 aliphatic rings. The van der Waals surface area contributed by atoms with Gasteiger partial charge in [0.2, 0.25) is 0 Å². The number of rotatable bonds is 5. The van der Waals surface area contributed by atoms with Crippen LogP contribution < -0.4 is 4.74 Å². The van der Waals surface area contributed by atoms with Crippen molar-refractivity contribution >= 4 is 11.6 Å². The highest BCUT2D eigenvalue weighted by Gasteiger charge is 2.06. The first-order chi connectivity index (χ1) is 9.16.